The Morgan fingerprint density at radius 2 is 2.20 bits per heavy atom. The van der Waals surface area contributed by atoms with E-state index in [1.54, 1.807) is 24.3 Å². The maximum Gasteiger partial charge on any atom is 0.253 e. The zero-order valence-electron chi connectivity index (χ0n) is 11.2. The van der Waals surface area contributed by atoms with E-state index in [4.69, 9.17) is 21.6 Å². The fraction of sp³-hybridized carbons (Fsp3) is 0.467. The lowest BCUT2D eigenvalue weighted by molar-refractivity contribution is 0.0154. The van der Waals surface area contributed by atoms with Crippen molar-refractivity contribution >= 4 is 17.5 Å². The summed E-state index contributed by atoms with van der Waals surface area (Å²) >= 11 is 5.59. The van der Waals surface area contributed by atoms with Gasteiger partial charge in [0.15, 0.2) is 0 Å². The standard InChI is InChI=1S/C15H17ClN2O2/c16-6-9-20-14-4-7-18(8-5-14)15(19)13-3-1-2-12(10-13)11-17/h1-3,10,14H,4-9H2. The molecule has 0 aliphatic carbocycles. The fourth-order valence-corrected chi connectivity index (χ4v) is 2.43. The highest BCUT2D eigenvalue weighted by Crippen LogP contribution is 2.17. The van der Waals surface area contributed by atoms with Gasteiger partial charge in [-0.1, -0.05) is 6.07 Å². The Bertz CT molecular complexity index is 505. The van der Waals surface area contributed by atoms with E-state index in [0.29, 0.717) is 36.7 Å². The quantitative estimate of drug-likeness (QED) is 0.801. The minimum Gasteiger partial charge on any atom is -0.377 e. The van der Waals surface area contributed by atoms with Gasteiger partial charge in [0, 0.05) is 24.5 Å². The third-order valence-electron chi connectivity index (χ3n) is 3.40. The Morgan fingerprint density at radius 1 is 1.45 bits per heavy atom. The van der Waals surface area contributed by atoms with Crippen LogP contribution in [0.1, 0.15) is 28.8 Å². The minimum atomic E-state index is -0.0158. The Kier molecular flexibility index (Phi) is 5.40. The second-order valence-corrected chi connectivity index (χ2v) is 5.12. The fourth-order valence-electron chi connectivity index (χ4n) is 2.34. The van der Waals surface area contributed by atoms with Crippen molar-refractivity contribution in [1.29, 1.82) is 5.26 Å². The van der Waals surface area contributed by atoms with Gasteiger partial charge >= 0.3 is 0 Å². The molecule has 1 aliphatic heterocycles. The van der Waals surface area contributed by atoms with E-state index < -0.39 is 0 Å². The number of rotatable bonds is 4. The second-order valence-electron chi connectivity index (χ2n) is 4.74. The molecule has 0 spiro atoms. The van der Waals surface area contributed by atoms with Crippen LogP contribution in [0, 0.1) is 11.3 Å². The first-order chi connectivity index (χ1) is 9.74. The molecule has 1 saturated heterocycles. The summed E-state index contributed by atoms with van der Waals surface area (Å²) in [6.45, 7) is 1.93. The van der Waals surface area contributed by atoms with Gasteiger partial charge in [0.2, 0.25) is 0 Å². The van der Waals surface area contributed by atoms with Crippen LogP contribution in [0.15, 0.2) is 24.3 Å². The normalized spacial score (nSPS) is 15.9. The number of amides is 1. The lowest BCUT2D eigenvalue weighted by atomic mass is 10.1. The van der Waals surface area contributed by atoms with E-state index in [1.807, 2.05) is 4.90 Å². The molecular weight excluding hydrogens is 276 g/mol. The molecule has 0 saturated carbocycles. The summed E-state index contributed by atoms with van der Waals surface area (Å²) in [5.74, 6) is 0.484. The Morgan fingerprint density at radius 3 is 2.85 bits per heavy atom. The minimum absolute atomic E-state index is 0.0158. The number of likely N-dealkylation sites (tertiary alicyclic amines) is 1. The van der Waals surface area contributed by atoms with Crippen molar-refractivity contribution in [2.75, 3.05) is 25.6 Å². The van der Waals surface area contributed by atoms with Crippen LogP contribution in [-0.2, 0) is 4.74 Å². The molecule has 5 heteroatoms. The molecule has 0 unspecified atom stereocenters. The van der Waals surface area contributed by atoms with Gasteiger partial charge in [-0.25, -0.2) is 0 Å². The maximum absolute atomic E-state index is 12.3. The van der Waals surface area contributed by atoms with E-state index in [2.05, 4.69) is 6.07 Å². The molecule has 1 aromatic carbocycles. The third-order valence-corrected chi connectivity index (χ3v) is 3.55. The van der Waals surface area contributed by atoms with Crippen molar-refractivity contribution in [2.45, 2.75) is 18.9 Å². The molecule has 20 heavy (non-hydrogen) atoms. The molecule has 4 nitrogen and oxygen atoms in total. The first-order valence-corrected chi connectivity index (χ1v) is 7.25. The predicted octanol–water partition coefficient (Wildman–Crippen LogP) is 2.42. The zero-order valence-corrected chi connectivity index (χ0v) is 12.0. The number of nitrogens with zero attached hydrogens (tertiary/aromatic N) is 2. The number of carbonyl (C=O) groups is 1. The number of hydrogen-bond donors (Lipinski definition) is 0. The summed E-state index contributed by atoms with van der Waals surface area (Å²) in [5.41, 5.74) is 1.08. The van der Waals surface area contributed by atoms with Gasteiger partial charge in [0.05, 0.1) is 24.3 Å². The topological polar surface area (TPSA) is 53.3 Å². The lowest BCUT2D eigenvalue weighted by Gasteiger charge is -2.32. The van der Waals surface area contributed by atoms with Crippen LogP contribution in [0.3, 0.4) is 0 Å². The highest BCUT2D eigenvalue weighted by Gasteiger charge is 2.23. The molecule has 2 rings (SSSR count). The van der Waals surface area contributed by atoms with E-state index in [1.165, 1.54) is 0 Å². The summed E-state index contributed by atoms with van der Waals surface area (Å²) in [6, 6.07) is 8.87. The highest BCUT2D eigenvalue weighted by atomic mass is 35.5. The predicted molar refractivity (Wildman–Crippen MR) is 76.8 cm³/mol. The molecule has 1 aromatic rings. The summed E-state index contributed by atoms with van der Waals surface area (Å²) in [4.78, 5) is 14.2. The molecule has 1 heterocycles. The highest BCUT2D eigenvalue weighted by molar-refractivity contribution is 6.17. The Labute approximate surface area is 123 Å². The molecule has 0 bridgehead atoms. The van der Waals surface area contributed by atoms with Crippen LogP contribution in [0.2, 0.25) is 0 Å². The van der Waals surface area contributed by atoms with Crippen molar-refractivity contribution < 1.29 is 9.53 Å². The molecule has 1 amide bonds. The number of hydrogen-bond acceptors (Lipinski definition) is 3. The van der Waals surface area contributed by atoms with E-state index in [0.717, 1.165) is 12.8 Å². The number of carbonyl (C=O) groups excluding carboxylic acids is 1. The van der Waals surface area contributed by atoms with Crippen LogP contribution in [0.25, 0.3) is 0 Å². The van der Waals surface area contributed by atoms with Crippen LogP contribution >= 0.6 is 11.6 Å². The van der Waals surface area contributed by atoms with E-state index >= 15 is 0 Å². The molecule has 0 aromatic heterocycles. The average molecular weight is 293 g/mol. The van der Waals surface area contributed by atoms with Gasteiger partial charge in [-0.3, -0.25) is 4.79 Å². The SMILES string of the molecule is N#Cc1cccc(C(=O)N2CCC(OCCCl)CC2)c1. The number of piperidine rings is 1. The lowest BCUT2D eigenvalue weighted by Crippen LogP contribution is -2.41. The first-order valence-electron chi connectivity index (χ1n) is 6.71. The van der Waals surface area contributed by atoms with Gasteiger partial charge in [0.1, 0.15) is 0 Å². The zero-order chi connectivity index (χ0) is 14.4. The van der Waals surface area contributed by atoms with Gasteiger partial charge in [-0.05, 0) is 31.0 Å². The number of alkyl halides is 1. The number of nitriles is 1. The Hall–Kier alpha value is -1.57. The van der Waals surface area contributed by atoms with Crippen LogP contribution in [0.4, 0.5) is 0 Å². The van der Waals surface area contributed by atoms with Crippen molar-refractivity contribution in [1.82, 2.24) is 4.90 Å². The van der Waals surface area contributed by atoms with E-state index in [-0.39, 0.29) is 12.0 Å². The van der Waals surface area contributed by atoms with Gasteiger partial charge in [-0.15, -0.1) is 11.6 Å². The van der Waals surface area contributed by atoms with Crippen molar-refractivity contribution in [3.63, 3.8) is 0 Å². The monoisotopic (exact) mass is 292 g/mol. The molecule has 1 aliphatic rings. The van der Waals surface area contributed by atoms with Crippen molar-refractivity contribution in [3.8, 4) is 6.07 Å². The van der Waals surface area contributed by atoms with Gasteiger partial charge in [0.25, 0.3) is 5.91 Å². The van der Waals surface area contributed by atoms with Gasteiger partial charge < -0.3 is 9.64 Å². The smallest absolute Gasteiger partial charge is 0.253 e. The summed E-state index contributed by atoms with van der Waals surface area (Å²) in [7, 11) is 0. The molecule has 0 atom stereocenters. The average Bonchev–Trinajstić information content (AvgIpc) is 2.52. The number of benzene rings is 1. The molecule has 0 N–H and O–H groups in total. The second kappa shape index (κ2) is 7.28. The third kappa shape index (κ3) is 3.72. The van der Waals surface area contributed by atoms with Crippen molar-refractivity contribution in [2.24, 2.45) is 0 Å². The molecule has 1 fully saturated rings. The van der Waals surface area contributed by atoms with Crippen molar-refractivity contribution in [3.05, 3.63) is 35.4 Å². The Balaban J connectivity index is 1.93. The number of halogens is 1. The van der Waals surface area contributed by atoms with E-state index in [9.17, 15) is 4.79 Å². The number of ether oxygens (including phenoxy) is 1. The van der Waals surface area contributed by atoms with Crippen LogP contribution < -0.4 is 0 Å². The summed E-state index contributed by atoms with van der Waals surface area (Å²) < 4.78 is 5.59. The largest absolute Gasteiger partial charge is 0.377 e. The first kappa shape index (κ1) is 14.8. The molecular formula is C15H17ClN2O2. The van der Waals surface area contributed by atoms with Gasteiger partial charge in [-0.2, -0.15) is 5.26 Å². The molecule has 0 radical (unpaired) electrons. The summed E-state index contributed by atoms with van der Waals surface area (Å²) in [6.07, 6.45) is 1.87. The summed E-state index contributed by atoms with van der Waals surface area (Å²) in [5, 5.41) is 8.87. The maximum atomic E-state index is 12.3. The molecule has 106 valence electrons. The van der Waals surface area contributed by atoms with Crippen LogP contribution in [-0.4, -0.2) is 42.5 Å². The van der Waals surface area contributed by atoms with Crippen LogP contribution in [0.5, 0.6) is 0 Å².